The molecule has 0 saturated heterocycles. The smallest absolute Gasteiger partial charge is 0.480 e. The number of carbonyl (C=O) groups excluding carboxylic acids is 1. The Morgan fingerprint density at radius 2 is 1.71 bits per heavy atom. The molecule has 0 saturated carbocycles. The SMILES string of the molecule is CNCC(Cc1cccc(C(=O)O)c1O)(NC(=O)c1ccccc1)B(O)O.Cl. The van der Waals surface area contributed by atoms with E-state index in [4.69, 9.17) is 5.11 Å². The van der Waals surface area contributed by atoms with Crippen LogP contribution in [0.2, 0.25) is 0 Å². The van der Waals surface area contributed by atoms with Crippen molar-refractivity contribution in [1.29, 1.82) is 0 Å². The monoisotopic (exact) mass is 408 g/mol. The van der Waals surface area contributed by atoms with E-state index in [0.29, 0.717) is 5.56 Å². The summed E-state index contributed by atoms with van der Waals surface area (Å²) in [5.74, 6) is -2.33. The summed E-state index contributed by atoms with van der Waals surface area (Å²) in [5.41, 5.74) is -1.43. The summed E-state index contributed by atoms with van der Waals surface area (Å²) in [6, 6.07) is 12.4. The predicted molar refractivity (Wildman–Crippen MR) is 107 cm³/mol. The van der Waals surface area contributed by atoms with Gasteiger partial charge in [-0.05, 0) is 37.2 Å². The van der Waals surface area contributed by atoms with Gasteiger partial charge < -0.3 is 30.9 Å². The lowest BCUT2D eigenvalue weighted by atomic mass is 9.61. The molecule has 1 atom stereocenters. The number of phenols is 1. The lowest BCUT2D eigenvalue weighted by Crippen LogP contribution is -2.65. The summed E-state index contributed by atoms with van der Waals surface area (Å²) >= 11 is 0. The average Bonchev–Trinajstić information content (AvgIpc) is 2.63. The molecule has 8 nitrogen and oxygen atoms in total. The average molecular weight is 409 g/mol. The number of nitrogens with one attached hydrogen (secondary N) is 2. The Labute approximate surface area is 168 Å². The number of halogens is 1. The number of para-hydroxylation sites is 1. The van der Waals surface area contributed by atoms with Crippen LogP contribution in [-0.2, 0) is 6.42 Å². The molecule has 28 heavy (non-hydrogen) atoms. The van der Waals surface area contributed by atoms with Gasteiger partial charge in [-0.3, -0.25) is 4.79 Å². The fourth-order valence-corrected chi connectivity index (χ4v) is 2.85. The molecule has 150 valence electrons. The Hall–Kier alpha value is -2.59. The molecular weight excluding hydrogens is 386 g/mol. The van der Waals surface area contributed by atoms with Gasteiger partial charge in [-0.15, -0.1) is 12.4 Å². The van der Waals surface area contributed by atoms with Gasteiger partial charge in [0.15, 0.2) is 0 Å². The summed E-state index contributed by atoms with van der Waals surface area (Å²) < 4.78 is 0. The van der Waals surface area contributed by atoms with Crippen LogP contribution in [0, 0.1) is 0 Å². The highest BCUT2D eigenvalue weighted by molar-refractivity contribution is 6.46. The quantitative estimate of drug-likeness (QED) is 0.349. The van der Waals surface area contributed by atoms with Crippen LogP contribution in [-0.4, -0.2) is 58.3 Å². The highest BCUT2D eigenvalue weighted by Crippen LogP contribution is 2.27. The Balaban J connectivity index is 0.00000392. The zero-order chi connectivity index (χ0) is 20.0. The second kappa shape index (κ2) is 10.1. The van der Waals surface area contributed by atoms with Gasteiger partial charge in [0.2, 0.25) is 0 Å². The van der Waals surface area contributed by atoms with Gasteiger partial charge >= 0.3 is 13.1 Å². The van der Waals surface area contributed by atoms with Crippen molar-refractivity contribution in [2.24, 2.45) is 0 Å². The first-order valence-corrected chi connectivity index (χ1v) is 8.23. The lowest BCUT2D eigenvalue weighted by molar-refractivity contribution is 0.0693. The largest absolute Gasteiger partial charge is 0.507 e. The van der Waals surface area contributed by atoms with Gasteiger partial charge in [-0.1, -0.05) is 30.3 Å². The van der Waals surface area contributed by atoms with Gasteiger partial charge in [-0.2, -0.15) is 0 Å². The van der Waals surface area contributed by atoms with E-state index < -0.39 is 30.2 Å². The van der Waals surface area contributed by atoms with Gasteiger partial charge in [0.05, 0.1) is 5.44 Å². The number of carboxylic acids is 1. The van der Waals surface area contributed by atoms with Crippen LogP contribution in [0.3, 0.4) is 0 Å². The number of carboxylic acid groups (broad SMARTS) is 1. The molecule has 1 unspecified atom stereocenters. The minimum atomic E-state index is -1.98. The molecule has 0 heterocycles. The zero-order valence-corrected chi connectivity index (χ0v) is 15.9. The van der Waals surface area contributed by atoms with E-state index >= 15 is 0 Å². The fourth-order valence-electron chi connectivity index (χ4n) is 2.85. The van der Waals surface area contributed by atoms with Gasteiger partial charge in [0, 0.05) is 12.1 Å². The van der Waals surface area contributed by atoms with Crippen LogP contribution >= 0.6 is 12.4 Å². The van der Waals surface area contributed by atoms with Crippen molar-refractivity contribution in [3.63, 3.8) is 0 Å². The van der Waals surface area contributed by atoms with E-state index in [1.165, 1.54) is 18.2 Å². The summed E-state index contributed by atoms with van der Waals surface area (Å²) in [6.07, 6.45) is -0.211. The van der Waals surface area contributed by atoms with Crippen molar-refractivity contribution in [3.8, 4) is 5.75 Å². The third-order valence-corrected chi connectivity index (χ3v) is 4.24. The highest BCUT2D eigenvalue weighted by atomic mass is 35.5. The minimum Gasteiger partial charge on any atom is -0.507 e. The van der Waals surface area contributed by atoms with Gasteiger partial charge in [-0.25, -0.2) is 4.79 Å². The molecular formula is C18H22BClN2O6. The third-order valence-electron chi connectivity index (χ3n) is 4.24. The second-order valence-electron chi connectivity index (χ2n) is 6.18. The van der Waals surface area contributed by atoms with Crippen LogP contribution < -0.4 is 10.6 Å². The van der Waals surface area contributed by atoms with Gasteiger partial charge in [0.1, 0.15) is 11.3 Å². The molecule has 0 aliphatic carbocycles. The third kappa shape index (κ3) is 5.23. The summed E-state index contributed by atoms with van der Waals surface area (Å²) in [7, 11) is -0.412. The first-order chi connectivity index (χ1) is 12.8. The Morgan fingerprint density at radius 1 is 1.07 bits per heavy atom. The van der Waals surface area contributed by atoms with Crippen LogP contribution in [0.5, 0.6) is 5.75 Å². The van der Waals surface area contributed by atoms with E-state index in [0.717, 1.165) is 0 Å². The first kappa shape index (κ1) is 23.5. The molecule has 2 rings (SSSR count). The number of aromatic hydroxyl groups is 1. The number of hydrogen-bond acceptors (Lipinski definition) is 6. The van der Waals surface area contributed by atoms with E-state index in [-0.39, 0.29) is 36.5 Å². The molecule has 0 aliphatic heterocycles. The molecule has 0 aliphatic rings. The van der Waals surface area contributed by atoms with Crippen molar-refractivity contribution in [2.75, 3.05) is 13.6 Å². The number of likely N-dealkylation sites (N-methyl/N-ethyl adjacent to an activating group) is 1. The molecule has 0 fully saturated rings. The predicted octanol–water partition coefficient (Wildman–Crippen LogP) is 0.455. The molecule has 2 aromatic rings. The second-order valence-corrected chi connectivity index (χ2v) is 6.18. The van der Waals surface area contributed by atoms with Gasteiger partial charge in [0.25, 0.3) is 5.91 Å². The number of carbonyl (C=O) groups is 2. The van der Waals surface area contributed by atoms with Crippen LogP contribution in [0.1, 0.15) is 26.3 Å². The van der Waals surface area contributed by atoms with Crippen molar-refractivity contribution in [1.82, 2.24) is 10.6 Å². The molecule has 0 radical (unpaired) electrons. The number of benzene rings is 2. The summed E-state index contributed by atoms with van der Waals surface area (Å²) in [4.78, 5) is 23.8. The molecule has 6 N–H and O–H groups in total. The minimum absolute atomic E-state index is 0. The fraction of sp³-hybridized carbons (Fsp3) is 0.222. The molecule has 0 aromatic heterocycles. The van der Waals surface area contributed by atoms with Crippen molar-refractivity contribution < 1.29 is 29.9 Å². The maximum atomic E-state index is 12.6. The maximum absolute atomic E-state index is 12.6. The number of rotatable bonds is 8. The van der Waals surface area contributed by atoms with Crippen LogP contribution in [0.15, 0.2) is 48.5 Å². The first-order valence-electron chi connectivity index (χ1n) is 8.23. The van der Waals surface area contributed by atoms with Crippen LogP contribution in [0.25, 0.3) is 0 Å². The summed E-state index contributed by atoms with van der Waals surface area (Å²) in [5, 5.41) is 44.8. The van der Waals surface area contributed by atoms with E-state index in [2.05, 4.69) is 10.6 Å². The zero-order valence-electron chi connectivity index (χ0n) is 15.1. The van der Waals surface area contributed by atoms with Crippen LogP contribution in [0.4, 0.5) is 0 Å². The molecule has 2 aromatic carbocycles. The Morgan fingerprint density at radius 3 is 2.25 bits per heavy atom. The standard InChI is InChI=1S/C18H21BN2O6.ClH/c1-20-11-18(19(26)27,21-16(23)12-6-3-2-4-7-12)10-13-8-5-9-14(15(13)22)17(24)25;/h2-9,20,22,26-27H,10-11H2,1H3,(H,21,23)(H,24,25);1H. The normalized spacial score (nSPS) is 12.4. The number of hydrogen-bond donors (Lipinski definition) is 6. The number of amides is 1. The summed E-state index contributed by atoms with van der Waals surface area (Å²) in [6.45, 7) is -0.0417. The van der Waals surface area contributed by atoms with E-state index in [1.54, 1.807) is 37.4 Å². The topological polar surface area (TPSA) is 139 Å². The Bertz CT molecular complexity index is 821. The molecule has 1 amide bonds. The molecule has 0 bridgehead atoms. The maximum Gasteiger partial charge on any atom is 0.480 e. The number of aromatic carboxylic acids is 1. The van der Waals surface area contributed by atoms with Crippen molar-refractivity contribution in [3.05, 3.63) is 65.2 Å². The lowest BCUT2D eigenvalue weighted by Gasteiger charge is -2.34. The van der Waals surface area contributed by atoms with E-state index in [1.807, 2.05) is 0 Å². The molecule has 10 heteroatoms. The van der Waals surface area contributed by atoms with Crippen molar-refractivity contribution in [2.45, 2.75) is 11.9 Å². The highest BCUT2D eigenvalue weighted by Gasteiger charge is 2.44. The Kier molecular flexibility index (Phi) is 8.46. The molecule has 0 spiro atoms. The van der Waals surface area contributed by atoms with Crippen molar-refractivity contribution >= 4 is 31.4 Å². The van der Waals surface area contributed by atoms with E-state index in [9.17, 15) is 24.7 Å².